The number of hydrogen-bond donors (Lipinski definition) is 2. The third kappa shape index (κ3) is 3.79. The van der Waals surface area contributed by atoms with E-state index in [0.29, 0.717) is 5.56 Å². The molecular weight excluding hydrogens is 400 g/mol. The van der Waals surface area contributed by atoms with E-state index in [9.17, 15) is 4.79 Å². The second-order valence-corrected chi connectivity index (χ2v) is 8.10. The van der Waals surface area contributed by atoms with Gasteiger partial charge in [0.1, 0.15) is 11.5 Å². The fourth-order valence-electron chi connectivity index (χ4n) is 4.41. The van der Waals surface area contributed by atoms with Crippen LogP contribution in [0.3, 0.4) is 0 Å². The Labute approximate surface area is 189 Å². The fourth-order valence-corrected chi connectivity index (χ4v) is 4.41. The van der Waals surface area contributed by atoms with Crippen molar-refractivity contribution >= 4 is 17.2 Å². The highest BCUT2D eigenvalue weighted by Crippen LogP contribution is 2.47. The van der Waals surface area contributed by atoms with Gasteiger partial charge in [0.2, 0.25) is 0 Å². The first-order valence-electron chi connectivity index (χ1n) is 11.1. The molecule has 0 saturated heterocycles. The zero-order valence-electron chi connectivity index (χ0n) is 19.4. The number of benzene rings is 2. The molecule has 2 aromatic rings. The molecule has 0 fully saturated rings. The Bertz CT molecular complexity index is 1170. The van der Waals surface area contributed by atoms with Crippen LogP contribution in [-0.4, -0.2) is 26.2 Å². The number of likely N-dealkylation sites (N-methyl/N-ethyl adjacent to an activating group) is 1. The first kappa shape index (κ1) is 21.8. The molecule has 1 aliphatic carbocycles. The molecule has 0 saturated carbocycles. The lowest BCUT2D eigenvalue weighted by Gasteiger charge is -2.31. The molecule has 0 unspecified atom stereocenters. The van der Waals surface area contributed by atoms with Gasteiger partial charge in [0.25, 0.3) is 0 Å². The second kappa shape index (κ2) is 8.95. The lowest BCUT2D eigenvalue weighted by Crippen LogP contribution is -2.21. The Balaban J connectivity index is 2.00. The highest BCUT2D eigenvalue weighted by atomic mass is 16.5. The third-order valence-electron chi connectivity index (χ3n) is 5.93. The van der Waals surface area contributed by atoms with Crippen molar-refractivity contribution in [3.8, 4) is 5.75 Å². The Morgan fingerprint density at radius 1 is 1.06 bits per heavy atom. The van der Waals surface area contributed by atoms with Gasteiger partial charge in [-0.1, -0.05) is 18.2 Å². The van der Waals surface area contributed by atoms with Crippen LogP contribution in [0.4, 0.5) is 5.69 Å². The summed E-state index contributed by atoms with van der Waals surface area (Å²) in [4.78, 5) is 12.6. The third-order valence-corrected chi connectivity index (χ3v) is 5.93. The summed E-state index contributed by atoms with van der Waals surface area (Å²) in [7, 11) is 1.42. The number of allylic oxidation sites excluding steroid dienone is 3. The van der Waals surface area contributed by atoms with E-state index in [0.717, 1.165) is 70.2 Å². The van der Waals surface area contributed by atoms with Gasteiger partial charge in [0.15, 0.2) is 0 Å². The maximum Gasteiger partial charge on any atom is 0.338 e. The van der Waals surface area contributed by atoms with E-state index in [2.05, 4.69) is 56.5 Å². The number of nitrogens with one attached hydrogen (secondary N) is 2. The van der Waals surface area contributed by atoms with E-state index in [1.165, 1.54) is 12.7 Å². The summed E-state index contributed by atoms with van der Waals surface area (Å²) in [6, 6.07) is 11.9. The molecule has 4 rings (SSSR count). The van der Waals surface area contributed by atoms with E-state index in [4.69, 9.17) is 9.47 Å². The molecular formula is C27H30N2O3. The second-order valence-electron chi connectivity index (χ2n) is 8.10. The SMILES string of the molecule is CCNC1=C(C)CC2=C(c3ccccc3C(=O)OC)c3cc(C)c(NCC)cc3OC2=C1. The summed E-state index contributed by atoms with van der Waals surface area (Å²) in [5, 5.41) is 6.86. The standard InChI is InChI=1S/C27H30N2O3/c1-6-28-22-14-24-20(12-16(22)3)26(18-10-8-9-11-19(18)27(30)31-5)21-13-17(4)23(29-7-2)15-25(21)32-24/h8-12,14-15,28-29H,6-7,13H2,1-5H3. The van der Waals surface area contributed by atoms with Crippen LogP contribution < -0.4 is 15.4 Å². The summed E-state index contributed by atoms with van der Waals surface area (Å²) in [5.41, 5.74) is 9.03. The molecule has 2 aromatic carbocycles. The summed E-state index contributed by atoms with van der Waals surface area (Å²) in [6.45, 7) is 10.1. The lowest BCUT2D eigenvalue weighted by atomic mass is 9.82. The topological polar surface area (TPSA) is 59.6 Å². The number of rotatable bonds is 6. The van der Waals surface area contributed by atoms with Gasteiger partial charge in [-0.05, 0) is 62.9 Å². The number of carbonyl (C=O) groups excluding carboxylic acids is 1. The number of hydrogen-bond acceptors (Lipinski definition) is 5. The minimum absolute atomic E-state index is 0.343. The molecule has 5 heteroatoms. The minimum atomic E-state index is -0.343. The van der Waals surface area contributed by atoms with Gasteiger partial charge in [0, 0.05) is 53.3 Å². The number of fused-ring (bicyclic) bond motifs is 2. The number of ether oxygens (including phenoxy) is 2. The number of anilines is 1. The predicted octanol–water partition coefficient (Wildman–Crippen LogP) is 5.58. The first-order chi connectivity index (χ1) is 15.5. The average molecular weight is 431 g/mol. The maximum absolute atomic E-state index is 12.6. The van der Waals surface area contributed by atoms with Crippen molar-refractivity contribution in [3.05, 3.63) is 87.3 Å². The van der Waals surface area contributed by atoms with E-state index >= 15 is 0 Å². The molecule has 1 heterocycles. The summed E-state index contributed by atoms with van der Waals surface area (Å²) < 4.78 is 11.6. The molecule has 0 bridgehead atoms. The normalized spacial score (nSPS) is 14.8. The summed E-state index contributed by atoms with van der Waals surface area (Å²) >= 11 is 0. The average Bonchev–Trinajstić information content (AvgIpc) is 2.79. The molecule has 0 spiro atoms. The Kier molecular flexibility index (Phi) is 6.08. The van der Waals surface area contributed by atoms with Crippen molar-refractivity contribution in [2.75, 3.05) is 25.5 Å². The van der Waals surface area contributed by atoms with Crippen LogP contribution in [0.1, 0.15) is 54.2 Å². The highest BCUT2D eigenvalue weighted by molar-refractivity contribution is 6.01. The first-order valence-corrected chi connectivity index (χ1v) is 11.1. The van der Waals surface area contributed by atoms with Gasteiger partial charge < -0.3 is 20.1 Å². The van der Waals surface area contributed by atoms with Crippen molar-refractivity contribution < 1.29 is 14.3 Å². The van der Waals surface area contributed by atoms with Crippen LogP contribution in [0, 0.1) is 6.92 Å². The van der Waals surface area contributed by atoms with Gasteiger partial charge in [0.05, 0.1) is 12.7 Å². The largest absolute Gasteiger partial charge is 0.465 e. The van der Waals surface area contributed by atoms with Gasteiger partial charge >= 0.3 is 5.97 Å². The van der Waals surface area contributed by atoms with Crippen LogP contribution in [0.5, 0.6) is 5.75 Å². The van der Waals surface area contributed by atoms with Crippen LogP contribution in [-0.2, 0) is 4.74 Å². The molecule has 32 heavy (non-hydrogen) atoms. The molecule has 2 aliphatic rings. The number of aryl methyl sites for hydroxylation is 1. The van der Waals surface area contributed by atoms with Gasteiger partial charge in [-0.25, -0.2) is 4.79 Å². The van der Waals surface area contributed by atoms with Crippen LogP contribution in [0.25, 0.3) is 5.57 Å². The van der Waals surface area contributed by atoms with Gasteiger partial charge in [-0.15, -0.1) is 0 Å². The lowest BCUT2D eigenvalue weighted by molar-refractivity contribution is 0.0600. The summed E-state index contributed by atoms with van der Waals surface area (Å²) in [6.07, 6.45) is 2.82. The van der Waals surface area contributed by atoms with Crippen LogP contribution in [0.2, 0.25) is 0 Å². The fraction of sp³-hybridized carbons (Fsp3) is 0.296. The molecule has 0 radical (unpaired) electrons. The molecule has 0 amide bonds. The number of carbonyl (C=O) groups is 1. The van der Waals surface area contributed by atoms with E-state index < -0.39 is 0 Å². The van der Waals surface area contributed by atoms with Crippen molar-refractivity contribution in [1.29, 1.82) is 0 Å². The molecule has 0 atom stereocenters. The van der Waals surface area contributed by atoms with Gasteiger partial charge in [-0.3, -0.25) is 0 Å². The Morgan fingerprint density at radius 2 is 1.81 bits per heavy atom. The smallest absolute Gasteiger partial charge is 0.338 e. The monoisotopic (exact) mass is 430 g/mol. The van der Waals surface area contributed by atoms with Crippen LogP contribution >= 0.6 is 0 Å². The highest BCUT2D eigenvalue weighted by Gasteiger charge is 2.31. The van der Waals surface area contributed by atoms with Crippen molar-refractivity contribution in [2.45, 2.75) is 34.1 Å². The predicted molar refractivity (Wildman–Crippen MR) is 129 cm³/mol. The number of methoxy groups -OCH3 is 1. The Morgan fingerprint density at radius 3 is 2.53 bits per heavy atom. The van der Waals surface area contributed by atoms with E-state index in [-0.39, 0.29) is 5.97 Å². The molecule has 166 valence electrons. The quantitative estimate of drug-likeness (QED) is 0.586. The van der Waals surface area contributed by atoms with Gasteiger partial charge in [-0.2, -0.15) is 0 Å². The zero-order valence-corrected chi connectivity index (χ0v) is 19.4. The molecule has 0 aromatic heterocycles. The van der Waals surface area contributed by atoms with Crippen molar-refractivity contribution in [3.63, 3.8) is 0 Å². The maximum atomic E-state index is 12.6. The van der Waals surface area contributed by atoms with Crippen molar-refractivity contribution in [2.24, 2.45) is 0 Å². The minimum Gasteiger partial charge on any atom is -0.465 e. The molecule has 2 N–H and O–H groups in total. The Hall–Kier alpha value is -3.47. The molecule has 1 aliphatic heterocycles. The zero-order chi connectivity index (χ0) is 22.8. The van der Waals surface area contributed by atoms with E-state index in [1.807, 2.05) is 24.3 Å². The van der Waals surface area contributed by atoms with Crippen LogP contribution in [0.15, 0.2) is 65.1 Å². The number of esters is 1. The molecule has 5 nitrogen and oxygen atoms in total. The van der Waals surface area contributed by atoms with E-state index in [1.54, 1.807) is 0 Å². The summed E-state index contributed by atoms with van der Waals surface area (Å²) in [5.74, 6) is 1.26. The van der Waals surface area contributed by atoms with Crippen molar-refractivity contribution in [1.82, 2.24) is 5.32 Å².